The zero-order chi connectivity index (χ0) is 18.4. The highest BCUT2D eigenvalue weighted by Gasteiger charge is 2.19. The molecule has 4 aromatic rings. The smallest absolute Gasteiger partial charge is 0.269 e. The Labute approximate surface area is 157 Å². The number of halogens is 2. The number of aromatic nitrogens is 4. The van der Waals surface area contributed by atoms with Crippen molar-refractivity contribution in [3.63, 3.8) is 0 Å². The Kier molecular flexibility index (Phi) is 4.40. The molecule has 0 radical (unpaired) electrons. The van der Waals surface area contributed by atoms with Crippen molar-refractivity contribution in [3.8, 4) is 0 Å². The third kappa shape index (κ3) is 2.87. The molecule has 0 aliphatic carbocycles. The van der Waals surface area contributed by atoms with E-state index in [-0.39, 0.29) is 0 Å². The van der Waals surface area contributed by atoms with Gasteiger partial charge in [0, 0.05) is 10.3 Å². The topological polar surface area (TPSA) is 43.6 Å². The SMILES string of the molecule is Cc1nc(SCc2nc3ccccc3n2C(F)F)c2c(C)c(C)sc2n1. The minimum Gasteiger partial charge on any atom is -0.269 e. The van der Waals surface area contributed by atoms with Crippen LogP contribution in [0.5, 0.6) is 0 Å². The first-order chi connectivity index (χ1) is 12.5. The van der Waals surface area contributed by atoms with Gasteiger partial charge in [0.05, 0.1) is 16.8 Å². The van der Waals surface area contributed by atoms with Gasteiger partial charge in [0.1, 0.15) is 21.5 Å². The predicted molar refractivity (Wildman–Crippen MR) is 102 cm³/mol. The van der Waals surface area contributed by atoms with Gasteiger partial charge < -0.3 is 0 Å². The molecule has 134 valence electrons. The van der Waals surface area contributed by atoms with Gasteiger partial charge in [-0.25, -0.2) is 15.0 Å². The Morgan fingerprint density at radius 2 is 1.88 bits per heavy atom. The molecule has 0 spiro atoms. The van der Waals surface area contributed by atoms with Crippen molar-refractivity contribution < 1.29 is 8.78 Å². The van der Waals surface area contributed by atoms with E-state index in [1.165, 1.54) is 16.6 Å². The Morgan fingerprint density at radius 3 is 2.65 bits per heavy atom. The van der Waals surface area contributed by atoms with Gasteiger partial charge in [-0.05, 0) is 38.5 Å². The number of thiophene rings is 1. The molecule has 0 saturated carbocycles. The zero-order valence-electron chi connectivity index (χ0n) is 14.5. The van der Waals surface area contributed by atoms with Crippen LogP contribution in [0.15, 0.2) is 29.3 Å². The third-order valence-corrected chi connectivity index (χ3v) is 6.38. The van der Waals surface area contributed by atoms with Gasteiger partial charge in [0.2, 0.25) is 0 Å². The minimum atomic E-state index is -2.63. The fourth-order valence-corrected chi connectivity index (χ4v) is 5.17. The lowest BCUT2D eigenvalue weighted by Crippen LogP contribution is -2.03. The molecule has 0 saturated heterocycles. The number of thioether (sulfide) groups is 1. The van der Waals surface area contributed by atoms with Crippen LogP contribution in [0.3, 0.4) is 0 Å². The van der Waals surface area contributed by atoms with Crippen LogP contribution in [0.25, 0.3) is 21.3 Å². The van der Waals surface area contributed by atoms with Gasteiger partial charge in [-0.2, -0.15) is 8.78 Å². The summed E-state index contributed by atoms with van der Waals surface area (Å²) in [4.78, 5) is 15.6. The van der Waals surface area contributed by atoms with E-state index >= 15 is 0 Å². The van der Waals surface area contributed by atoms with Gasteiger partial charge >= 0.3 is 6.55 Å². The molecule has 8 heteroatoms. The number of aryl methyl sites for hydroxylation is 3. The molecule has 0 aliphatic rings. The van der Waals surface area contributed by atoms with Crippen LogP contribution in [0.1, 0.15) is 28.6 Å². The number of rotatable bonds is 4. The summed E-state index contributed by atoms with van der Waals surface area (Å²) in [5.74, 6) is 1.35. The molecule has 1 aromatic carbocycles. The molecule has 0 bridgehead atoms. The molecule has 0 aliphatic heterocycles. The standard InChI is InChI=1S/C18H16F2N4S2/c1-9-10(2)26-17-15(9)16(21-11(3)22-17)25-8-14-23-12-6-4-5-7-13(12)24(14)18(19)20/h4-7,18H,8H2,1-3H3. The largest absolute Gasteiger partial charge is 0.320 e. The normalized spacial score (nSPS) is 11.9. The second-order valence-corrected chi connectivity index (χ2v) is 8.16. The van der Waals surface area contributed by atoms with Gasteiger partial charge in [0.15, 0.2) is 0 Å². The summed E-state index contributed by atoms with van der Waals surface area (Å²) >= 11 is 3.07. The average Bonchev–Trinajstić information content (AvgIpc) is 3.10. The van der Waals surface area contributed by atoms with Crippen LogP contribution in [0.2, 0.25) is 0 Å². The summed E-state index contributed by atoms with van der Waals surface area (Å²) in [5.41, 5.74) is 2.18. The zero-order valence-corrected chi connectivity index (χ0v) is 16.1. The van der Waals surface area contributed by atoms with Crippen molar-refractivity contribution in [2.45, 2.75) is 38.1 Å². The van der Waals surface area contributed by atoms with Crippen molar-refractivity contribution in [1.29, 1.82) is 0 Å². The maximum absolute atomic E-state index is 13.6. The lowest BCUT2D eigenvalue weighted by Gasteiger charge is -2.08. The maximum atomic E-state index is 13.6. The molecule has 0 fully saturated rings. The minimum absolute atomic E-state index is 0.318. The molecule has 4 rings (SSSR count). The number of para-hydroxylation sites is 2. The highest BCUT2D eigenvalue weighted by atomic mass is 32.2. The van der Waals surface area contributed by atoms with Crippen LogP contribution in [0, 0.1) is 20.8 Å². The third-order valence-electron chi connectivity index (χ3n) is 4.31. The van der Waals surface area contributed by atoms with Gasteiger partial charge in [-0.1, -0.05) is 23.9 Å². The van der Waals surface area contributed by atoms with Crippen molar-refractivity contribution in [2.24, 2.45) is 0 Å². The second-order valence-electron chi connectivity index (χ2n) is 5.99. The molecular formula is C18H16F2N4S2. The quantitative estimate of drug-likeness (QED) is 0.333. The number of imidazole rings is 1. The Morgan fingerprint density at radius 1 is 1.12 bits per heavy atom. The molecular weight excluding hydrogens is 374 g/mol. The van der Waals surface area contributed by atoms with E-state index in [4.69, 9.17) is 0 Å². The van der Waals surface area contributed by atoms with Crippen LogP contribution < -0.4 is 0 Å². The molecule has 0 N–H and O–H groups in total. The Balaban J connectivity index is 1.75. The Hall–Kier alpha value is -2.06. The monoisotopic (exact) mass is 390 g/mol. The van der Waals surface area contributed by atoms with Crippen LogP contribution in [0.4, 0.5) is 8.78 Å². The number of alkyl halides is 2. The summed E-state index contributed by atoms with van der Waals surface area (Å²) in [6.45, 7) is 3.32. The number of fused-ring (bicyclic) bond motifs is 2. The molecule has 26 heavy (non-hydrogen) atoms. The Bertz CT molecular complexity index is 1120. The summed E-state index contributed by atoms with van der Waals surface area (Å²) in [7, 11) is 0. The first-order valence-electron chi connectivity index (χ1n) is 8.07. The average molecular weight is 390 g/mol. The molecule has 3 aromatic heterocycles. The molecule has 0 atom stereocenters. The summed E-state index contributed by atoms with van der Waals surface area (Å²) in [5, 5.41) is 1.84. The highest BCUT2D eigenvalue weighted by Crippen LogP contribution is 2.36. The van der Waals surface area contributed by atoms with Crippen LogP contribution in [-0.4, -0.2) is 19.5 Å². The van der Waals surface area contributed by atoms with Gasteiger partial charge in [-0.15, -0.1) is 11.3 Å². The van der Waals surface area contributed by atoms with E-state index in [0.717, 1.165) is 25.4 Å². The van der Waals surface area contributed by atoms with Gasteiger partial charge in [0.25, 0.3) is 0 Å². The molecule has 0 unspecified atom stereocenters. The van der Waals surface area contributed by atoms with Crippen molar-refractivity contribution >= 4 is 44.3 Å². The van der Waals surface area contributed by atoms with E-state index in [2.05, 4.69) is 21.9 Å². The van der Waals surface area contributed by atoms with E-state index in [0.29, 0.717) is 28.4 Å². The predicted octanol–water partition coefficient (Wildman–Crippen LogP) is 5.65. The number of hydrogen-bond donors (Lipinski definition) is 0. The fourth-order valence-electron chi connectivity index (χ4n) is 2.97. The second kappa shape index (κ2) is 6.59. The summed E-state index contributed by atoms with van der Waals surface area (Å²) < 4.78 is 28.2. The maximum Gasteiger partial charge on any atom is 0.320 e. The number of hydrogen-bond acceptors (Lipinski definition) is 5. The van der Waals surface area contributed by atoms with E-state index < -0.39 is 6.55 Å². The first-order valence-corrected chi connectivity index (χ1v) is 9.87. The lowest BCUT2D eigenvalue weighted by molar-refractivity contribution is 0.0722. The fraction of sp³-hybridized carbons (Fsp3) is 0.278. The van der Waals surface area contributed by atoms with E-state index in [9.17, 15) is 8.78 Å². The lowest BCUT2D eigenvalue weighted by atomic mass is 10.2. The first kappa shape index (κ1) is 17.4. The van der Waals surface area contributed by atoms with Crippen molar-refractivity contribution in [2.75, 3.05) is 0 Å². The number of nitrogens with zero attached hydrogens (tertiary/aromatic N) is 4. The van der Waals surface area contributed by atoms with Crippen molar-refractivity contribution in [1.82, 2.24) is 19.5 Å². The van der Waals surface area contributed by atoms with E-state index in [1.54, 1.807) is 35.6 Å². The molecule has 0 amide bonds. The van der Waals surface area contributed by atoms with Gasteiger partial charge in [-0.3, -0.25) is 4.57 Å². The van der Waals surface area contributed by atoms with Crippen LogP contribution >= 0.6 is 23.1 Å². The number of benzene rings is 1. The van der Waals surface area contributed by atoms with E-state index in [1.807, 2.05) is 13.8 Å². The molecule has 3 heterocycles. The highest BCUT2D eigenvalue weighted by molar-refractivity contribution is 7.98. The summed E-state index contributed by atoms with van der Waals surface area (Å²) in [6, 6.07) is 6.97. The van der Waals surface area contributed by atoms with Crippen molar-refractivity contribution in [3.05, 3.63) is 46.4 Å². The van der Waals surface area contributed by atoms with Crippen LogP contribution in [-0.2, 0) is 5.75 Å². The molecule has 4 nitrogen and oxygen atoms in total. The summed E-state index contributed by atoms with van der Waals surface area (Å²) in [6.07, 6.45) is 0.